The fourth-order valence-electron chi connectivity index (χ4n) is 3.00. The molecule has 4 nitrogen and oxygen atoms in total. The maximum atomic E-state index is 12.5. The molecule has 1 N–H and O–H groups in total. The quantitative estimate of drug-likeness (QED) is 0.580. The van der Waals surface area contributed by atoms with Crippen molar-refractivity contribution in [3.63, 3.8) is 0 Å². The van der Waals surface area contributed by atoms with Crippen molar-refractivity contribution in [3.8, 4) is 11.1 Å². The lowest BCUT2D eigenvalue weighted by Gasteiger charge is -2.17. The van der Waals surface area contributed by atoms with E-state index < -0.39 is 0 Å². The summed E-state index contributed by atoms with van der Waals surface area (Å²) in [5.41, 5.74) is 3.95. The molecular weight excluding hydrogens is 380 g/mol. The van der Waals surface area contributed by atoms with Gasteiger partial charge in [-0.2, -0.15) is 0 Å². The molecule has 0 radical (unpaired) electrons. The van der Waals surface area contributed by atoms with Crippen LogP contribution in [-0.2, 0) is 16.0 Å². The van der Waals surface area contributed by atoms with Crippen LogP contribution in [0, 0.1) is 0 Å². The van der Waals surface area contributed by atoms with Crippen LogP contribution in [0.5, 0.6) is 0 Å². The van der Waals surface area contributed by atoms with E-state index in [2.05, 4.69) is 17.4 Å². The summed E-state index contributed by atoms with van der Waals surface area (Å²) in [7, 11) is 1.65. The van der Waals surface area contributed by atoms with Crippen LogP contribution in [0.15, 0.2) is 83.8 Å². The molecule has 0 atom stereocenters. The van der Waals surface area contributed by atoms with Gasteiger partial charge in [-0.3, -0.25) is 9.59 Å². The molecule has 0 heterocycles. The minimum Gasteiger partial charge on any atom is -0.336 e. The molecule has 3 aromatic rings. The summed E-state index contributed by atoms with van der Waals surface area (Å²) in [6.45, 7) is 0.0175. The van der Waals surface area contributed by atoms with Crippen molar-refractivity contribution in [2.75, 3.05) is 25.2 Å². The van der Waals surface area contributed by atoms with Crippen LogP contribution >= 0.6 is 11.8 Å². The second-order valence-corrected chi connectivity index (χ2v) is 7.59. The number of rotatable bonds is 7. The number of carbonyl (C=O) groups is 2. The lowest BCUT2D eigenvalue weighted by Crippen LogP contribution is -2.35. The fourth-order valence-corrected chi connectivity index (χ4v) is 3.55. The molecule has 0 fully saturated rings. The zero-order chi connectivity index (χ0) is 20.6. The van der Waals surface area contributed by atoms with Gasteiger partial charge in [0.2, 0.25) is 11.8 Å². The maximum Gasteiger partial charge on any atom is 0.244 e. The lowest BCUT2D eigenvalue weighted by molar-refractivity contribution is -0.132. The zero-order valence-corrected chi connectivity index (χ0v) is 17.4. The van der Waals surface area contributed by atoms with Gasteiger partial charge in [-0.15, -0.1) is 11.8 Å². The predicted molar refractivity (Wildman–Crippen MR) is 120 cm³/mol. The first-order valence-electron chi connectivity index (χ1n) is 9.38. The third-order valence-electron chi connectivity index (χ3n) is 4.60. The Morgan fingerprint density at radius 1 is 0.862 bits per heavy atom. The molecule has 0 aliphatic carbocycles. The molecule has 0 aliphatic rings. The van der Waals surface area contributed by atoms with Gasteiger partial charge in [-0.1, -0.05) is 66.7 Å². The van der Waals surface area contributed by atoms with E-state index in [0.717, 1.165) is 27.3 Å². The van der Waals surface area contributed by atoms with E-state index in [-0.39, 0.29) is 24.8 Å². The first-order valence-corrected chi connectivity index (χ1v) is 10.6. The molecule has 29 heavy (non-hydrogen) atoms. The summed E-state index contributed by atoms with van der Waals surface area (Å²) in [4.78, 5) is 27.3. The van der Waals surface area contributed by atoms with Crippen LogP contribution in [0.3, 0.4) is 0 Å². The SMILES string of the molecule is CSc1ccccc1NC(=O)CN(C)C(=O)Cc1ccc(-c2ccccc2)cc1. The molecule has 5 heteroatoms. The van der Waals surface area contributed by atoms with Crippen LogP contribution in [0.1, 0.15) is 5.56 Å². The van der Waals surface area contributed by atoms with Gasteiger partial charge < -0.3 is 10.2 Å². The number of nitrogens with one attached hydrogen (secondary N) is 1. The van der Waals surface area contributed by atoms with Gasteiger partial charge in [0.15, 0.2) is 0 Å². The summed E-state index contributed by atoms with van der Waals surface area (Å²) in [5, 5.41) is 2.88. The summed E-state index contributed by atoms with van der Waals surface area (Å²) in [5.74, 6) is -0.299. The predicted octanol–water partition coefficient (Wildman–Crippen LogP) is 4.72. The summed E-state index contributed by atoms with van der Waals surface area (Å²) in [6.07, 6.45) is 2.23. The second-order valence-electron chi connectivity index (χ2n) is 6.74. The highest BCUT2D eigenvalue weighted by Crippen LogP contribution is 2.24. The number of carbonyl (C=O) groups excluding carboxylic acids is 2. The van der Waals surface area contributed by atoms with Gasteiger partial charge in [0.1, 0.15) is 0 Å². The maximum absolute atomic E-state index is 12.5. The third kappa shape index (κ3) is 5.72. The lowest BCUT2D eigenvalue weighted by atomic mass is 10.0. The Kier molecular flexibility index (Phi) is 7.09. The van der Waals surface area contributed by atoms with Crippen molar-refractivity contribution in [1.29, 1.82) is 0 Å². The highest BCUT2D eigenvalue weighted by atomic mass is 32.2. The van der Waals surface area contributed by atoms with Gasteiger partial charge in [0.25, 0.3) is 0 Å². The van der Waals surface area contributed by atoms with E-state index in [1.807, 2.05) is 73.0 Å². The Labute approximate surface area is 175 Å². The molecule has 0 unspecified atom stereocenters. The van der Waals surface area contributed by atoms with Crippen molar-refractivity contribution in [2.24, 2.45) is 0 Å². The van der Waals surface area contributed by atoms with Gasteiger partial charge >= 0.3 is 0 Å². The number of para-hydroxylation sites is 1. The second kappa shape index (κ2) is 9.94. The number of amides is 2. The highest BCUT2D eigenvalue weighted by molar-refractivity contribution is 7.98. The van der Waals surface area contributed by atoms with Crippen molar-refractivity contribution < 1.29 is 9.59 Å². The molecule has 0 bridgehead atoms. The van der Waals surface area contributed by atoms with Gasteiger partial charge in [0.05, 0.1) is 18.7 Å². The monoisotopic (exact) mass is 404 g/mol. The molecule has 0 saturated heterocycles. The summed E-state index contributed by atoms with van der Waals surface area (Å²) in [6, 6.07) is 25.7. The van der Waals surface area contributed by atoms with E-state index in [1.54, 1.807) is 18.8 Å². The van der Waals surface area contributed by atoms with Crippen molar-refractivity contribution in [3.05, 3.63) is 84.4 Å². The zero-order valence-electron chi connectivity index (χ0n) is 16.6. The Morgan fingerprint density at radius 3 is 2.17 bits per heavy atom. The minimum absolute atomic E-state index is 0.0175. The third-order valence-corrected chi connectivity index (χ3v) is 5.40. The van der Waals surface area contributed by atoms with E-state index in [9.17, 15) is 9.59 Å². The van der Waals surface area contributed by atoms with Gasteiger partial charge in [-0.25, -0.2) is 0 Å². The van der Waals surface area contributed by atoms with Crippen LogP contribution in [-0.4, -0.2) is 36.6 Å². The standard InChI is InChI=1S/C24H24N2O2S/c1-26(17-23(27)25-21-10-6-7-11-22(21)29-2)24(28)16-18-12-14-20(15-13-18)19-8-4-3-5-9-19/h3-15H,16-17H2,1-2H3,(H,25,27). The Hall–Kier alpha value is -3.05. The molecule has 0 aliphatic heterocycles. The van der Waals surface area contributed by atoms with E-state index in [1.165, 1.54) is 4.90 Å². The summed E-state index contributed by atoms with van der Waals surface area (Å²) >= 11 is 1.57. The first kappa shape index (κ1) is 20.7. The molecular formula is C24H24N2O2S. The molecule has 148 valence electrons. The minimum atomic E-state index is -0.207. The van der Waals surface area contributed by atoms with Crippen LogP contribution in [0.25, 0.3) is 11.1 Å². The first-order chi connectivity index (χ1) is 14.1. The van der Waals surface area contributed by atoms with Crippen molar-refractivity contribution in [2.45, 2.75) is 11.3 Å². The van der Waals surface area contributed by atoms with Crippen molar-refractivity contribution in [1.82, 2.24) is 4.90 Å². The highest BCUT2D eigenvalue weighted by Gasteiger charge is 2.14. The van der Waals surface area contributed by atoms with E-state index in [4.69, 9.17) is 0 Å². The number of hydrogen-bond acceptors (Lipinski definition) is 3. The van der Waals surface area contributed by atoms with E-state index >= 15 is 0 Å². The summed E-state index contributed by atoms with van der Waals surface area (Å²) < 4.78 is 0. The van der Waals surface area contributed by atoms with Gasteiger partial charge in [-0.05, 0) is 35.1 Å². The number of likely N-dealkylation sites (N-methyl/N-ethyl adjacent to an activating group) is 1. The normalized spacial score (nSPS) is 10.4. The largest absolute Gasteiger partial charge is 0.336 e. The average molecular weight is 405 g/mol. The molecule has 2 amide bonds. The van der Waals surface area contributed by atoms with Crippen LogP contribution < -0.4 is 5.32 Å². The number of benzene rings is 3. The van der Waals surface area contributed by atoms with Crippen molar-refractivity contribution >= 4 is 29.3 Å². The number of hydrogen-bond donors (Lipinski definition) is 1. The molecule has 0 saturated carbocycles. The molecule has 3 rings (SSSR count). The molecule has 0 aromatic heterocycles. The van der Waals surface area contributed by atoms with Crippen LogP contribution in [0.4, 0.5) is 5.69 Å². The fraction of sp³-hybridized carbons (Fsp3) is 0.167. The Balaban J connectivity index is 1.55. The van der Waals surface area contributed by atoms with E-state index in [0.29, 0.717) is 0 Å². The molecule has 3 aromatic carbocycles. The van der Waals surface area contributed by atoms with Gasteiger partial charge in [0, 0.05) is 11.9 Å². The number of anilines is 1. The topological polar surface area (TPSA) is 49.4 Å². The Bertz CT molecular complexity index is 972. The average Bonchev–Trinajstić information content (AvgIpc) is 2.75. The Morgan fingerprint density at radius 2 is 1.48 bits per heavy atom. The smallest absolute Gasteiger partial charge is 0.244 e. The number of nitrogens with zero attached hydrogens (tertiary/aromatic N) is 1. The number of thioether (sulfide) groups is 1. The molecule has 0 spiro atoms. The van der Waals surface area contributed by atoms with Crippen LogP contribution in [0.2, 0.25) is 0 Å².